The number of aromatic nitrogens is 3. The Kier molecular flexibility index (Phi) is 3.75. The summed E-state index contributed by atoms with van der Waals surface area (Å²) < 4.78 is 7.89. The van der Waals surface area contributed by atoms with Crippen LogP contribution in [0.5, 0.6) is 5.75 Å². The summed E-state index contributed by atoms with van der Waals surface area (Å²) in [4.78, 5) is 4.08. The van der Waals surface area contributed by atoms with Gasteiger partial charge < -0.3 is 10.5 Å². The Balaban J connectivity index is 2.22. The number of rotatable bonds is 4. The zero-order valence-electron chi connectivity index (χ0n) is 9.43. The van der Waals surface area contributed by atoms with E-state index in [2.05, 4.69) is 26.0 Å². The predicted octanol–water partition coefficient (Wildman–Crippen LogP) is 1.56. The van der Waals surface area contributed by atoms with Gasteiger partial charge in [-0.05, 0) is 33.6 Å². The van der Waals surface area contributed by atoms with Crippen LogP contribution in [0.1, 0.15) is 11.4 Å². The third-order valence-corrected chi connectivity index (χ3v) is 3.05. The Bertz CT molecular complexity index is 512. The number of hydrogen-bond donors (Lipinski definition) is 1. The highest BCUT2D eigenvalue weighted by molar-refractivity contribution is 9.10. The zero-order valence-corrected chi connectivity index (χ0v) is 11.0. The molecule has 0 aliphatic heterocycles. The van der Waals surface area contributed by atoms with Crippen molar-refractivity contribution in [3.05, 3.63) is 40.4 Å². The van der Waals surface area contributed by atoms with Gasteiger partial charge in [-0.15, -0.1) is 0 Å². The summed E-state index contributed by atoms with van der Waals surface area (Å²) in [5.41, 5.74) is 6.68. The van der Waals surface area contributed by atoms with Crippen molar-refractivity contribution in [3.8, 4) is 5.75 Å². The highest BCUT2D eigenvalue weighted by Crippen LogP contribution is 2.25. The first-order valence-corrected chi connectivity index (χ1v) is 5.93. The van der Waals surface area contributed by atoms with Crippen molar-refractivity contribution in [2.24, 2.45) is 5.73 Å². The number of halogens is 1. The molecule has 1 aromatic carbocycles. The van der Waals surface area contributed by atoms with Gasteiger partial charge in [-0.25, -0.2) is 9.67 Å². The van der Waals surface area contributed by atoms with Gasteiger partial charge in [0.2, 0.25) is 0 Å². The molecular formula is C11H13BrN4O. The molecule has 0 bridgehead atoms. The Labute approximate surface area is 108 Å². The second-order valence-electron chi connectivity index (χ2n) is 3.51. The highest BCUT2D eigenvalue weighted by atomic mass is 79.9. The average molecular weight is 297 g/mol. The molecule has 0 radical (unpaired) electrons. The maximum Gasteiger partial charge on any atom is 0.140 e. The van der Waals surface area contributed by atoms with Crippen LogP contribution in [-0.2, 0) is 13.1 Å². The predicted molar refractivity (Wildman–Crippen MR) is 67.7 cm³/mol. The monoisotopic (exact) mass is 296 g/mol. The van der Waals surface area contributed by atoms with E-state index >= 15 is 0 Å². The molecule has 0 saturated carbocycles. The number of nitrogens with zero attached hydrogens (tertiary/aromatic N) is 3. The van der Waals surface area contributed by atoms with E-state index in [1.54, 1.807) is 11.8 Å². The second kappa shape index (κ2) is 5.29. The SMILES string of the molecule is COc1ccc(Cn2ncnc2CN)cc1Br. The summed E-state index contributed by atoms with van der Waals surface area (Å²) in [7, 11) is 1.64. The van der Waals surface area contributed by atoms with Crippen molar-refractivity contribution < 1.29 is 4.74 Å². The van der Waals surface area contributed by atoms with Crippen LogP contribution in [0.25, 0.3) is 0 Å². The molecule has 1 aromatic heterocycles. The molecule has 0 fully saturated rings. The number of hydrogen-bond acceptors (Lipinski definition) is 4. The lowest BCUT2D eigenvalue weighted by atomic mass is 10.2. The fraction of sp³-hybridized carbons (Fsp3) is 0.273. The number of methoxy groups -OCH3 is 1. The van der Waals surface area contributed by atoms with Crippen LogP contribution in [0.3, 0.4) is 0 Å². The second-order valence-corrected chi connectivity index (χ2v) is 4.36. The van der Waals surface area contributed by atoms with E-state index in [0.717, 1.165) is 21.6 Å². The van der Waals surface area contributed by atoms with Gasteiger partial charge in [0.1, 0.15) is 17.9 Å². The van der Waals surface area contributed by atoms with Crippen LogP contribution in [-0.4, -0.2) is 21.9 Å². The van der Waals surface area contributed by atoms with Crippen molar-refractivity contribution in [2.75, 3.05) is 7.11 Å². The number of nitrogens with two attached hydrogens (primary N) is 1. The standard InChI is InChI=1S/C11H13BrN4O/c1-17-10-3-2-8(4-9(10)12)6-16-11(5-13)14-7-15-16/h2-4,7H,5-6,13H2,1H3. The van der Waals surface area contributed by atoms with Crippen LogP contribution in [0, 0.1) is 0 Å². The Morgan fingerprint density at radius 2 is 2.29 bits per heavy atom. The average Bonchev–Trinajstić information content (AvgIpc) is 2.76. The Morgan fingerprint density at radius 1 is 1.47 bits per heavy atom. The lowest BCUT2D eigenvalue weighted by molar-refractivity contribution is 0.412. The van der Waals surface area contributed by atoms with E-state index in [4.69, 9.17) is 10.5 Å². The largest absolute Gasteiger partial charge is 0.496 e. The summed E-state index contributed by atoms with van der Waals surface area (Å²) in [6.45, 7) is 1.03. The van der Waals surface area contributed by atoms with Crippen molar-refractivity contribution in [2.45, 2.75) is 13.1 Å². The molecule has 5 nitrogen and oxygen atoms in total. The Hall–Kier alpha value is -1.40. The van der Waals surface area contributed by atoms with Crippen LogP contribution in [0.15, 0.2) is 29.0 Å². The van der Waals surface area contributed by atoms with Gasteiger partial charge in [-0.2, -0.15) is 5.10 Å². The molecule has 0 aliphatic carbocycles. The van der Waals surface area contributed by atoms with Crippen LogP contribution in [0.2, 0.25) is 0 Å². The van der Waals surface area contributed by atoms with Gasteiger partial charge in [0.15, 0.2) is 0 Å². The fourth-order valence-electron chi connectivity index (χ4n) is 1.56. The Morgan fingerprint density at radius 3 is 2.94 bits per heavy atom. The minimum atomic E-state index is 0.386. The lowest BCUT2D eigenvalue weighted by Crippen LogP contribution is -2.10. The first-order valence-electron chi connectivity index (χ1n) is 5.13. The molecule has 0 amide bonds. The van der Waals surface area contributed by atoms with Gasteiger partial charge in [0.25, 0.3) is 0 Å². The minimum Gasteiger partial charge on any atom is -0.496 e. The third kappa shape index (κ3) is 2.65. The summed E-state index contributed by atoms with van der Waals surface area (Å²) in [5, 5.41) is 4.13. The number of ether oxygens (including phenoxy) is 1. The number of benzene rings is 1. The molecular weight excluding hydrogens is 284 g/mol. The zero-order chi connectivity index (χ0) is 12.3. The molecule has 2 rings (SSSR count). The molecule has 0 atom stereocenters. The summed E-state index contributed by atoms with van der Waals surface area (Å²) in [6, 6.07) is 5.91. The third-order valence-electron chi connectivity index (χ3n) is 2.43. The summed E-state index contributed by atoms with van der Waals surface area (Å²) in [6.07, 6.45) is 1.51. The lowest BCUT2D eigenvalue weighted by Gasteiger charge is -2.07. The molecule has 6 heteroatoms. The van der Waals surface area contributed by atoms with Crippen LogP contribution < -0.4 is 10.5 Å². The molecule has 0 aliphatic rings. The first kappa shape index (κ1) is 12.1. The maximum absolute atomic E-state index is 5.57. The van der Waals surface area contributed by atoms with Gasteiger partial charge in [-0.3, -0.25) is 0 Å². The molecule has 2 aromatic rings. The smallest absolute Gasteiger partial charge is 0.140 e. The maximum atomic E-state index is 5.57. The van der Waals surface area contributed by atoms with E-state index in [9.17, 15) is 0 Å². The van der Waals surface area contributed by atoms with Crippen molar-refractivity contribution >= 4 is 15.9 Å². The van der Waals surface area contributed by atoms with E-state index in [1.807, 2.05) is 18.2 Å². The molecule has 0 spiro atoms. The quantitative estimate of drug-likeness (QED) is 0.930. The van der Waals surface area contributed by atoms with Gasteiger partial charge >= 0.3 is 0 Å². The van der Waals surface area contributed by atoms with Gasteiger partial charge in [0, 0.05) is 0 Å². The topological polar surface area (TPSA) is 66.0 Å². The molecule has 0 saturated heterocycles. The summed E-state index contributed by atoms with van der Waals surface area (Å²) in [5.74, 6) is 1.59. The van der Waals surface area contributed by atoms with Crippen LogP contribution >= 0.6 is 15.9 Å². The summed E-state index contributed by atoms with van der Waals surface area (Å²) >= 11 is 3.45. The first-order chi connectivity index (χ1) is 8.24. The van der Waals surface area contributed by atoms with Crippen molar-refractivity contribution in [1.82, 2.24) is 14.8 Å². The fourth-order valence-corrected chi connectivity index (χ4v) is 2.15. The van der Waals surface area contributed by atoms with E-state index < -0.39 is 0 Å². The molecule has 17 heavy (non-hydrogen) atoms. The van der Waals surface area contributed by atoms with Crippen LogP contribution in [0.4, 0.5) is 0 Å². The van der Waals surface area contributed by atoms with Gasteiger partial charge in [-0.1, -0.05) is 6.07 Å². The molecule has 2 N–H and O–H groups in total. The van der Waals surface area contributed by atoms with E-state index in [0.29, 0.717) is 13.1 Å². The van der Waals surface area contributed by atoms with E-state index in [1.165, 1.54) is 6.33 Å². The normalized spacial score (nSPS) is 10.5. The molecule has 1 heterocycles. The van der Waals surface area contributed by atoms with Crippen molar-refractivity contribution in [1.29, 1.82) is 0 Å². The van der Waals surface area contributed by atoms with Gasteiger partial charge in [0.05, 0.1) is 24.7 Å². The highest BCUT2D eigenvalue weighted by Gasteiger charge is 2.05. The van der Waals surface area contributed by atoms with Crippen molar-refractivity contribution in [3.63, 3.8) is 0 Å². The minimum absolute atomic E-state index is 0.386. The molecule has 0 unspecified atom stereocenters. The van der Waals surface area contributed by atoms with E-state index in [-0.39, 0.29) is 0 Å². The molecule has 90 valence electrons.